The number of rotatable bonds is 4. The van der Waals surface area contributed by atoms with Crippen molar-refractivity contribution < 1.29 is 13.5 Å². The van der Waals surface area contributed by atoms with Gasteiger partial charge in [0, 0.05) is 7.05 Å². The van der Waals surface area contributed by atoms with Crippen molar-refractivity contribution in [1.82, 2.24) is 9.55 Å². The molecule has 0 aliphatic heterocycles. The van der Waals surface area contributed by atoms with E-state index in [4.69, 9.17) is 0 Å². The number of imidazole rings is 1. The maximum Gasteiger partial charge on any atom is 0.261 e. The van der Waals surface area contributed by atoms with Crippen LogP contribution in [0.2, 0.25) is 0 Å². The number of fused-ring (bicyclic) bond motifs is 1. The Labute approximate surface area is 140 Å². The summed E-state index contributed by atoms with van der Waals surface area (Å²) in [6.07, 6.45) is -0.699. The van der Waals surface area contributed by atoms with Crippen LogP contribution >= 0.6 is 0 Å². The first-order chi connectivity index (χ1) is 11.3. The molecular formula is C17H19N3O3S. The molecule has 1 atom stereocenters. The van der Waals surface area contributed by atoms with E-state index in [0.717, 1.165) is 11.1 Å². The van der Waals surface area contributed by atoms with Crippen LogP contribution in [0.4, 0.5) is 5.69 Å². The summed E-state index contributed by atoms with van der Waals surface area (Å²) in [7, 11) is -1.84. The summed E-state index contributed by atoms with van der Waals surface area (Å²) in [5.41, 5.74) is 2.87. The summed E-state index contributed by atoms with van der Waals surface area (Å²) in [5, 5.41) is 9.74. The second kappa shape index (κ2) is 5.92. The lowest BCUT2D eigenvalue weighted by atomic mass is 10.2. The molecule has 0 fully saturated rings. The van der Waals surface area contributed by atoms with Crippen LogP contribution in [0.1, 0.15) is 24.4 Å². The number of aliphatic hydroxyl groups excluding tert-OH is 1. The van der Waals surface area contributed by atoms with Gasteiger partial charge in [0.1, 0.15) is 11.9 Å². The number of aliphatic hydroxyl groups is 1. The zero-order chi connectivity index (χ0) is 17.5. The van der Waals surface area contributed by atoms with Crippen LogP contribution < -0.4 is 4.72 Å². The second-order valence-electron chi connectivity index (χ2n) is 5.83. The Balaban J connectivity index is 1.96. The summed E-state index contributed by atoms with van der Waals surface area (Å²) in [6.45, 7) is 3.54. The highest BCUT2D eigenvalue weighted by Crippen LogP contribution is 2.24. The third kappa shape index (κ3) is 3.00. The molecule has 0 bridgehead atoms. The molecule has 0 saturated carbocycles. The van der Waals surface area contributed by atoms with E-state index in [1.165, 1.54) is 0 Å². The van der Waals surface area contributed by atoms with Crippen LogP contribution in [-0.2, 0) is 17.1 Å². The molecule has 7 heteroatoms. The van der Waals surface area contributed by atoms with Gasteiger partial charge in [-0.05, 0) is 44.2 Å². The summed E-state index contributed by atoms with van der Waals surface area (Å²) < 4.78 is 29.3. The highest BCUT2D eigenvalue weighted by Gasteiger charge is 2.16. The van der Waals surface area contributed by atoms with Gasteiger partial charge in [-0.15, -0.1) is 0 Å². The van der Waals surface area contributed by atoms with E-state index >= 15 is 0 Å². The molecule has 0 aliphatic rings. The van der Waals surface area contributed by atoms with Crippen molar-refractivity contribution >= 4 is 26.7 Å². The van der Waals surface area contributed by atoms with Crippen LogP contribution in [-0.4, -0.2) is 23.1 Å². The van der Waals surface area contributed by atoms with Crippen LogP contribution in [0.15, 0.2) is 47.4 Å². The minimum atomic E-state index is -3.65. The SMILES string of the molecule is Cc1ccc(S(=O)(=O)Nc2ccc3c(c2)nc(C(C)O)n3C)cc1. The first-order valence-electron chi connectivity index (χ1n) is 7.52. The predicted molar refractivity (Wildman–Crippen MR) is 93.3 cm³/mol. The number of anilines is 1. The van der Waals surface area contributed by atoms with Gasteiger partial charge < -0.3 is 9.67 Å². The molecule has 3 aromatic rings. The van der Waals surface area contributed by atoms with E-state index in [-0.39, 0.29) is 4.90 Å². The molecule has 24 heavy (non-hydrogen) atoms. The van der Waals surface area contributed by atoms with E-state index in [1.807, 2.05) is 14.0 Å². The molecule has 1 unspecified atom stereocenters. The zero-order valence-electron chi connectivity index (χ0n) is 13.7. The number of benzene rings is 2. The van der Waals surface area contributed by atoms with Crippen LogP contribution in [0, 0.1) is 6.92 Å². The number of hydrogen-bond donors (Lipinski definition) is 2. The van der Waals surface area contributed by atoms with E-state index in [2.05, 4.69) is 9.71 Å². The van der Waals surface area contributed by atoms with Gasteiger partial charge in [0.05, 0.1) is 21.6 Å². The zero-order valence-corrected chi connectivity index (χ0v) is 14.5. The Hall–Kier alpha value is -2.38. The minimum absolute atomic E-state index is 0.207. The van der Waals surface area contributed by atoms with E-state index in [1.54, 1.807) is 54.0 Å². The molecule has 1 heterocycles. The van der Waals surface area contributed by atoms with Gasteiger partial charge in [-0.25, -0.2) is 13.4 Å². The first-order valence-corrected chi connectivity index (χ1v) is 9.00. The van der Waals surface area contributed by atoms with Crippen molar-refractivity contribution in [3.05, 3.63) is 53.9 Å². The number of sulfonamides is 1. The lowest BCUT2D eigenvalue weighted by Crippen LogP contribution is -2.12. The van der Waals surface area contributed by atoms with E-state index < -0.39 is 16.1 Å². The fourth-order valence-corrected chi connectivity index (χ4v) is 3.64. The number of aromatic nitrogens is 2. The Kier molecular flexibility index (Phi) is 4.06. The molecule has 126 valence electrons. The molecule has 3 rings (SSSR count). The topological polar surface area (TPSA) is 84.2 Å². The Bertz CT molecular complexity index is 990. The van der Waals surface area contributed by atoms with E-state index in [9.17, 15) is 13.5 Å². The number of hydrogen-bond acceptors (Lipinski definition) is 4. The molecule has 2 N–H and O–H groups in total. The minimum Gasteiger partial charge on any atom is -0.385 e. The van der Waals surface area contributed by atoms with Crippen LogP contribution in [0.5, 0.6) is 0 Å². The molecule has 2 aromatic carbocycles. The lowest BCUT2D eigenvalue weighted by molar-refractivity contribution is 0.186. The number of nitrogens with one attached hydrogen (secondary N) is 1. The van der Waals surface area contributed by atoms with E-state index in [0.29, 0.717) is 17.0 Å². The number of nitrogens with zero attached hydrogens (tertiary/aromatic N) is 2. The van der Waals surface area contributed by atoms with Crippen molar-refractivity contribution in [2.45, 2.75) is 24.8 Å². The van der Waals surface area contributed by atoms with Crippen molar-refractivity contribution in [1.29, 1.82) is 0 Å². The lowest BCUT2D eigenvalue weighted by Gasteiger charge is -2.08. The molecule has 6 nitrogen and oxygen atoms in total. The Morgan fingerprint density at radius 2 is 1.83 bits per heavy atom. The average molecular weight is 345 g/mol. The van der Waals surface area contributed by atoms with Gasteiger partial charge in [-0.2, -0.15) is 0 Å². The second-order valence-corrected chi connectivity index (χ2v) is 7.51. The standard InChI is InChI=1S/C17H19N3O3S/c1-11-4-7-14(8-5-11)24(22,23)19-13-6-9-16-15(10-13)18-17(12(2)21)20(16)3/h4-10,12,19,21H,1-3H3. The number of aryl methyl sites for hydroxylation is 2. The van der Waals surface area contributed by atoms with Crippen molar-refractivity contribution in [2.24, 2.45) is 7.05 Å². The molecule has 0 amide bonds. The average Bonchev–Trinajstić information content (AvgIpc) is 2.84. The van der Waals surface area contributed by atoms with Crippen molar-refractivity contribution in [3.63, 3.8) is 0 Å². The monoisotopic (exact) mass is 345 g/mol. The van der Waals surface area contributed by atoms with Gasteiger partial charge in [0.25, 0.3) is 10.0 Å². The largest absolute Gasteiger partial charge is 0.385 e. The fraction of sp³-hybridized carbons (Fsp3) is 0.235. The Morgan fingerprint density at radius 1 is 1.17 bits per heavy atom. The van der Waals surface area contributed by atoms with Gasteiger partial charge in [0.15, 0.2) is 0 Å². The van der Waals surface area contributed by atoms with Crippen molar-refractivity contribution in [3.8, 4) is 0 Å². The first kappa shape index (κ1) is 16.5. The van der Waals surface area contributed by atoms with Crippen LogP contribution in [0.25, 0.3) is 11.0 Å². The molecule has 1 aromatic heterocycles. The smallest absolute Gasteiger partial charge is 0.261 e. The quantitative estimate of drug-likeness (QED) is 0.761. The summed E-state index contributed by atoms with van der Waals surface area (Å²) in [6, 6.07) is 11.8. The van der Waals surface area contributed by atoms with Gasteiger partial charge in [-0.1, -0.05) is 17.7 Å². The third-order valence-electron chi connectivity index (χ3n) is 3.87. The molecule has 0 spiro atoms. The fourth-order valence-electron chi connectivity index (χ4n) is 2.59. The maximum atomic E-state index is 12.5. The molecule has 0 saturated heterocycles. The Morgan fingerprint density at radius 3 is 2.46 bits per heavy atom. The predicted octanol–water partition coefficient (Wildman–Crippen LogP) is 2.74. The molecular weight excluding hydrogens is 326 g/mol. The summed E-state index contributed by atoms with van der Waals surface area (Å²) >= 11 is 0. The summed E-state index contributed by atoms with van der Waals surface area (Å²) in [5.74, 6) is 0.531. The van der Waals surface area contributed by atoms with Gasteiger partial charge >= 0.3 is 0 Å². The normalized spacial score (nSPS) is 13.2. The molecule has 0 aliphatic carbocycles. The van der Waals surface area contributed by atoms with Gasteiger partial charge in [0.2, 0.25) is 0 Å². The van der Waals surface area contributed by atoms with Crippen molar-refractivity contribution in [2.75, 3.05) is 4.72 Å². The van der Waals surface area contributed by atoms with Gasteiger partial charge in [-0.3, -0.25) is 4.72 Å². The molecule has 0 radical (unpaired) electrons. The summed E-state index contributed by atoms with van der Waals surface area (Å²) in [4.78, 5) is 4.57. The highest BCUT2D eigenvalue weighted by atomic mass is 32.2. The third-order valence-corrected chi connectivity index (χ3v) is 5.27. The maximum absolute atomic E-state index is 12.5. The highest BCUT2D eigenvalue weighted by molar-refractivity contribution is 7.92. The van der Waals surface area contributed by atoms with Crippen LogP contribution in [0.3, 0.4) is 0 Å².